The lowest BCUT2D eigenvalue weighted by molar-refractivity contribution is 0.197. The zero-order valence-electron chi connectivity index (χ0n) is 12.7. The molecule has 1 unspecified atom stereocenters. The van der Waals surface area contributed by atoms with Gasteiger partial charge >= 0.3 is 0 Å². The van der Waals surface area contributed by atoms with Gasteiger partial charge in [0.05, 0.1) is 0 Å². The Bertz CT molecular complexity index is 558. The summed E-state index contributed by atoms with van der Waals surface area (Å²) in [6.07, 6.45) is 5.03. The molecule has 110 valence electrons. The second-order valence-corrected chi connectivity index (χ2v) is 5.83. The number of hydrogen-bond acceptors (Lipinski definition) is 3. The van der Waals surface area contributed by atoms with Crippen LogP contribution in [-0.4, -0.2) is 29.1 Å². The number of rotatable bonds is 4. The summed E-state index contributed by atoms with van der Waals surface area (Å²) < 4.78 is 6.12. The van der Waals surface area contributed by atoms with Crippen molar-refractivity contribution >= 4 is 0 Å². The van der Waals surface area contributed by atoms with Crippen molar-refractivity contribution in [2.24, 2.45) is 0 Å². The fraction of sp³-hybridized carbons (Fsp3) is 0.389. The molecule has 0 bridgehead atoms. The van der Waals surface area contributed by atoms with E-state index < -0.39 is 0 Å². The maximum atomic E-state index is 6.12. The van der Waals surface area contributed by atoms with Crippen molar-refractivity contribution in [1.82, 2.24) is 9.88 Å². The maximum absolute atomic E-state index is 6.12. The number of benzene rings is 1. The molecule has 21 heavy (non-hydrogen) atoms. The van der Waals surface area contributed by atoms with Crippen LogP contribution in [0, 0.1) is 13.8 Å². The standard InChI is InChI=1S/C18H22N2O/c1-14-5-3-4-6-16(14)12-20-10-8-17(13-20)21-18-7-9-19-11-15(18)2/h3-7,9,11,17H,8,10,12-13H2,1-2H3. The van der Waals surface area contributed by atoms with E-state index in [2.05, 4.69) is 41.1 Å². The Hall–Kier alpha value is -1.87. The SMILES string of the molecule is Cc1ccccc1CN1CCC(Oc2ccncc2C)C1. The molecule has 1 saturated heterocycles. The fourth-order valence-electron chi connectivity index (χ4n) is 2.84. The van der Waals surface area contributed by atoms with Gasteiger partial charge < -0.3 is 4.74 Å². The third-order valence-corrected chi connectivity index (χ3v) is 4.15. The van der Waals surface area contributed by atoms with Gasteiger partial charge in [0, 0.05) is 37.6 Å². The van der Waals surface area contributed by atoms with Crippen LogP contribution in [0.15, 0.2) is 42.7 Å². The second kappa shape index (κ2) is 6.27. The third kappa shape index (κ3) is 3.42. The zero-order chi connectivity index (χ0) is 14.7. The Labute approximate surface area is 126 Å². The minimum absolute atomic E-state index is 0.287. The number of hydrogen-bond donors (Lipinski definition) is 0. The fourth-order valence-corrected chi connectivity index (χ4v) is 2.84. The van der Waals surface area contributed by atoms with E-state index in [0.717, 1.165) is 37.4 Å². The normalized spacial score (nSPS) is 18.9. The summed E-state index contributed by atoms with van der Waals surface area (Å²) in [7, 11) is 0. The molecular weight excluding hydrogens is 260 g/mol. The zero-order valence-corrected chi connectivity index (χ0v) is 12.7. The van der Waals surface area contributed by atoms with Gasteiger partial charge in [0.1, 0.15) is 11.9 Å². The third-order valence-electron chi connectivity index (χ3n) is 4.15. The lowest BCUT2D eigenvalue weighted by atomic mass is 10.1. The molecule has 0 N–H and O–H groups in total. The van der Waals surface area contributed by atoms with Crippen LogP contribution in [0.3, 0.4) is 0 Å². The molecule has 0 spiro atoms. The maximum Gasteiger partial charge on any atom is 0.125 e. The van der Waals surface area contributed by atoms with E-state index in [1.54, 1.807) is 6.20 Å². The van der Waals surface area contributed by atoms with Crippen molar-refractivity contribution in [3.8, 4) is 5.75 Å². The highest BCUT2D eigenvalue weighted by Gasteiger charge is 2.24. The van der Waals surface area contributed by atoms with Crippen molar-refractivity contribution in [2.75, 3.05) is 13.1 Å². The smallest absolute Gasteiger partial charge is 0.125 e. The molecule has 1 fully saturated rings. The van der Waals surface area contributed by atoms with Gasteiger partial charge in [0.2, 0.25) is 0 Å². The second-order valence-electron chi connectivity index (χ2n) is 5.83. The van der Waals surface area contributed by atoms with E-state index in [0.29, 0.717) is 0 Å². The predicted molar refractivity (Wildman–Crippen MR) is 84.5 cm³/mol. The van der Waals surface area contributed by atoms with Crippen molar-refractivity contribution in [3.63, 3.8) is 0 Å². The number of ether oxygens (including phenoxy) is 1. The molecular formula is C18H22N2O. The molecule has 3 nitrogen and oxygen atoms in total. The van der Waals surface area contributed by atoms with Gasteiger partial charge in [-0.25, -0.2) is 0 Å². The number of likely N-dealkylation sites (tertiary alicyclic amines) is 1. The Kier molecular flexibility index (Phi) is 4.20. The van der Waals surface area contributed by atoms with Gasteiger partial charge in [-0.2, -0.15) is 0 Å². The van der Waals surface area contributed by atoms with Gasteiger partial charge in [-0.15, -0.1) is 0 Å². The summed E-state index contributed by atoms with van der Waals surface area (Å²) in [5, 5.41) is 0. The monoisotopic (exact) mass is 282 g/mol. The molecule has 0 radical (unpaired) electrons. The van der Waals surface area contributed by atoms with Crippen LogP contribution in [0.25, 0.3) is 0 Å². The molecule has 0 saturated carbocycles. The molecule has 1 aliphatic rings. The molecule has 1 atom stereocenters. The Morgan fingerprint density at radius 3 is 2.86 bits per heavy atom. The Balaban J connectivity index is 1.59. The molecule has 1 aliphatic heterocycles. The molecule has 0 amide bonds. The molecule has 2 heterocycles. The first kappa shape index (κ1) is 14.1. The average Bonchev–Trinajstić information content (AvgIpc) is 2.91. The minimum Gasteiger partial charge on any atom is -0.489 e. The highest BCUT2D eigenvalue weighted by molar-refractivity contribution is 5.29. The van der Waals surface area contributed by atoms with Crippen LogP contribution in [0.1, 0.15) is 23.1 Å². The van der Waals surface area contributed by atoms with Gasteiger partial charge in [-0.1, -0.05) is 24.3 Å². The summed E-state index contributed by atoms with van der Waals surface area (Å²) in [6, 6.07) is 10.6. The van der Waals surface area contributed by atoms with Crippen molar-refractivity contribution < 1.29 is 4.74 Å². The van der Waals surface area contributed by atoms with Gasteiger partial charge in [-0.05, 0) is 37.5 Å². The van der Waals surface area contributed by atoms with Gasteiger partial charge in [-0.3, -0.25) is 9.88 Å². The van der Waals surface area contributed by atoms with Gasteiger partial charge in [0.15, 0.2) is 0 Å². The van der Waals surface area contributed by atoms with Crippen LogP contribution >= 0.6 is 0 Å². The molecule has 2 aromatic rings. The number of nitrogens with zero attached hydrogens (tertiary/aromatic N) is 2. The predicted octanol–water partition coefficient (Wildman–Crippen LogP) is 3.35. The summed E-state index contributed by atoms with van der Waals surface area (Å²) in [4.78, 5) is 6.59. The van der Waals surface area contributed by atoms with Crippen molar-refractivity contribution in [2.45, 2.75) is 32.9 Å². The minimum atomic E-state index is 0.287. The van der Waals surface area contributed by atoms with E-state index >= 15 is 0 Å². The largest absolute Gasteiger partial charge is 0.489 e. The van der Waals surface area contributed by atoms with Crippen molar-refractivity contribution in [1.29, 1.82) is 0 Å². The van der Waals surface area contributed by atoms with Crippen LogP contribution < -0.4 is 4.74 Å². The molecule has 3 rings (SSSR count). The van der Waals surface area contributed by atoms with Gasteiger partial charge in [0.25, 0.3) is 0 Å². The van der Waals surface area contributed by atoms with Crippen LogP contribution in [0.5, 0.6) is 5.75 Å². The summed E-state index contributed by atoms with van der Waals surface area (Å²) in [5.74, 6) is 0.966. The number of aromatic nitrogens is 1. The number of pyridine rings is 1. The first-order valence-corrected chi connectivity index (χ1v) is 7.56. The van der Waals surface area contributed by atoms with Crippen LogP contribution in [0.4, 0.5) is 0 Å². The summed E-state index contributed by atoms with van der Waals surface area (Å²) >= 11 is 0. The van der Waals surface area contributed by atoms with Crippen LogP contribution in [-0.2, 0) is 6.54 Å². The van der Waals surface area contributed by atoms with E-state index in [4.69, 9.17) is 4.74 Å². The molecule has 0 aliphatic carbocycles. The summed E-state index contributed by atoms with van der Waals surface area (Å²) in [6.45, 7) is 7.34. The topological polar surface area (TPSA) is 25.4 Å². The average molecular weight is 282 g/mol. The molecule has 3 heteroatoms. The lowest BCUT2D eigenvalue weighted by Crippen LogP contribution is -2.25. The van der Waals surface area contributed by atoms with Crippen molar-refractivity contribution in [3.05, 3.63) is 59.4 Å². The van der Waals surface area contributed by atoms with Crippen LogP contribution in [0.2, 0.25) is 0 Å². The quantitative estimate of drug-likeness (QED) is 0.860. The lowest BCUT2D eigenvalue weighted by Gasteiger charge is -2.18. The highest BCUT2D eigenvalue weighted by Crippen LogP contribution is 2.22. The van der Waals surface area contributed by atoms with E-state index in [9.17, 15) is 0 Å². The Morgan fingerprint density at radius 2 is 2.05 bits per heavy atom. The molecule has 1 aromatic heterocycles. The number of aryl methyl sites for hydroxylation is 2. The molecule has 1 aromatic carbocycles. The first-order chi connectivity index (χ1) is 10.2. The summed E-state index contributed by atoms with van der Waals surface area (Å²) in [5.41, 5.74) is 3.89. The van der Waals surface area contributed by atoms with E-state index in [1.807, 2.05) is 19.2 Å². The highest BCUT2D eigenvalue weighted by atomic mass is 16.5. The van der Waals surface area contributed by atoms with E-state index in [-0.39, 0.29) is 6.10 Å². The van der Waals surface area contributed by atoms with E-state index in [1.165, 1.54) is 11.1 Å². The Morgan fingerprint density at radius 1 is 1.19 bits per heavy atom. The first-order valence-electron chi connectivity index (χ1n) is 7.56.